The lowest BCUT2D eigenvalue weighted by Crippen LogP contribution is -2.36. The van der Waals surface area contributed by atoms with Crippen LogP contribution in [0.2, 0.25) is 5.02 Å². The maximum atomic E-state index is 14.2. The first kappa shape index (κ1) is 15.3. The second-order valence-electron chi connectivity index (χ2n) is 6.16. The van der Waals surface area contributed by atoms with Gasteiger partial charge in [0, 0.05) is 16.3 Å². The standard InChI is InChI=1S/C19H16ClFN2O/c20-14-6-4-7-15(21)13(14)11-23-18-10-2-1-8-17(18)22-16-9-3-5-12(16)19(23)24/h1-2,4,6-8,10,12H,3,5,9,11H2. The van der Waals surface area contributed by atoms with Gasteiger partial charge in [-0.25, -0.2) is 4.39 Å². The van der Waals surface area contributed by atoms with Gasteiger partial charge in [-0.2, -0.15) is 0 Å². The van der Waals surface area contributed by atoms with Crippen LogP contribution in [-0.2, 0) is 11.3 Å². The Hall–Kier alpha value is -2.20. The van der Waals surface area contributed by atoms with Crippen LogP contribution in [0.25, 0.3) is 0 Å². The largest absolute Gasteiger partial charge is 0.305 e. The second-order valence-corrected chi connectivity index (χ2v) is 6.57. The number of benzene rings is 2. The summed E-state index contributed by atoms with van der Waals surface area (Å²) in [5, 5.41) is 0.331. The molecule has 2 aromatic rings. The van der Waals surface area contributed by atoms with Crippen LogP contribution in [0, 0.1) is 11.7 Å². The Morgan fingerprint density at radius 2 is 2.04 bits per heavy atom. The van der Waals surface area contributed by atoms with Crippen LogP contribution in [0.15, 0.2) is 47.5 Å². The molecule has 0 spiro atoms. The number of halogens is 2. The van der Waals surface area contributed by atoms with Crippen LogP contribution in [0.5, 0.6) is 0 Å². The molecular weight excluding hydrogens is 327 g/mol. The summed E-state index contributed by atoms with van der Waals surface area (Å²) < 4.78 is 14.2. The fourth-order valence-corrected chi connectivity index (χ4v) is 3.70. The molecule has 1 aliphatic heterocycles. The summed E-state index contributed by atoms with van der Waals surface area (Å²) in [6.07, 6.45) is 2.61. The molecule has 2 aromatic carbocycles. The van der Waals surface area contributed by atoms with Gasteiger partial charge in [0.2, 0.25) is 5.91 Å². The molecule has 0 radical (unpaired) electrons. The van der Waals surface area contributed by atoms with Crippen LogP contribution in [0.4, 0.5) is 15.8 Å². The summed E-state index contributed by atoms with van der Waals surface area (Å²) in [7, 11) is 0. The molecule has 1 aliphatic carbocycles. The molecule has 24 heavy (non-hydrogen) atoms. The van der Waals surface area contributed by atoms with Crippen LogP contribution in [0.3, 0.4) is 0 Å². The Labute approximate surface area is 144 Å². The van der Waals surface area contributed by atoms with E-state index in [2.05, 4.69) is 0 Å². The van der Waals surface area contributed by atoms with Gasteiger partial charge in [-0.3, -0.25) is 9.79 Å². The van der Waals surface area contributed by atoms with Crippen molar-refractivity contribution in [3.63, 3.8) is 0 Å². The summed E-state index contributed by atoms with van der Waals surface area (Å²) in [6, 6.07) is 12.1. The van der Waals surface area contributed by atoms with Crippen molar-refractivity contribution in [2.45, 2.75) is 25.8 Å². The Bertz CT molecular complexity index is 829. The van der Waals surface area contributed by atoms with Gasteiger partial charge in [0.1, 0.15) is 5.82 Å². The number of fused-ring (bicyclic) bond motifs is 2. The van der Waals surface area contributed by atoms with Gasteiger partial charge in [0.15, 0.2) is 0 Å². The Morgan fingerprint density at radius 3 is 2.88 bits per heavy atom. The number of carbonyl (C=O) groups excluding carboxylic acids is 1. The SMILES string of the molecule is O=C1C2CCCC2=Nc2ccccc2N1Cc1c(F)cccc1Cl. The van der Waals surface area contributed by atoms with Crippen molar-refractivity contribution in [3.05, 3.63) is 58.9 Å². The number of amides is 1. The minimum Gasteiger partial charge on any atom is -0.305 e. The fraction of sp³-hybridized carbons (Fsp3) is 0.263. The van der Waals surface area contributed by atoms with Gasteiger partial charge in [0.05, 0.1) is 23.8 Å². The number of hydrogen-bond acceptors (Lipinski definition) is 2. The summed E-state index contributed by atoms with van der Waals surface area (Å²) in [5.41, 5.74) is 2.75. The van der Waals surface area contributed by atoms with Gasteiger partial charge < -0.3 is 4.90 Å². The highest BCUT2D eigenvalue weighted by Gasteiger charge is 2.36. The van der Waals surface area contributed by atoms with Gasteiger partial charge in [-0.05, 0) is 43.5 Å². The summed E-state index contributed by atoms with van der Waals surface area (Å²) in [6.45, 7) is 0.112. The number of nitrogens with zero attached hydrogens (tertiary/aromatic N) is 2. The van der Waals surface area contributed by atoms with Crippen molar-refractivity contribution < 1.29 is 9.18 Å². The molecule has 1 heterocycles. The second kappa shape index (κ2) is 6.02. The highest BCUT2D eigenvalue weighted by atomic mass is 35.5. The van der Waals surface area contributed by atoms with E-state index in [-0.39, 0.29) is 18.4 Å². The maximum absolute atomic E-state index is 14.2. The molecule has 2 aliphatic rings. The van der Waals surface area contributed by atoms with Crippen LogP contribution in [-0.4, -0.2) is 11.6 Å². The van der Waals surface area contributed by atoms with E-state index >= 15 is 0 Å². The zero-order chi connectivity index (χ0) is 16.7. The van der Waals surface area contributed by atoms with Crippen LogP contribution in [0.1, 0.15) is 24.8 Å². The van der Waals surface area contributed by atoms with Crippen molar-refractivity contribution in [3.8, 4) is 0 Å². The first-order valence-electron chi connectivity index (χ1n) is 8.06. The number of aliphatic imine (C=N–C) groups is 1. The smallest absolute Gasteiger partial charge is 0.236 e. The molecule has 0 bridgehead atoms. The van der Waals surface area contributed by atoms with Crippen LogP contribution < -0.4 is 4.90 Å². The maximum Gasteiger partial charge on any atom is 0.236 e. The number of anilines is 1. The highest BCUT2D eigenvalue weighted by molar-refractivity contribution is 6.31. The van der Waals surface area contributed by atoms with E-state index in [0.29, 0.717) is 16.3 Å². The molecule has 122 valence electrons. The summed E-state index contributed by atoms with van der Waals surface area (Å²) in [5.74, 6) is -0.622. The first-order valence-corrected chi connectivity index (χ1v) is 8.43. The van der Waals surface area contributed by atoms with Crippen molar-refractivity contribution in [2.24, 2.45) is 10.9 Å². The minimum absolute atomic E-state index is 0.0180. The van der Waals surface area contributed by atoms with E-state index in [9.17, 15) is 9.18 Å². The average Bonchev–Trinajstić information content (AvgIpc) is 2.99. The zero-order valence-electron chi connectivity index (χ0n) is 13.0. The summed E-state index contributed by atoms with van der Waals surface area (Å²) in [4.78, 5) is 19.4. The lowest BCUT2D eigenvalue weighted by atomic mass is 10.0. The molecule has 1 saturated carbocycles. The lowest BCUT2D eigenvalue weighted by Gasteiger charge is -2.25. The number of rotatable bonds is 2. The molecule has 3 nitrogen and oxygen atoms in total. The van der Waals surface area contributed by atoms with E-state index in [0.717, 1.165) is 30.7 Å². The van der Waals surface area contributed by atoms with E-state index in [1.807, 2.05) is 24.3 Å². The van der Waals surface area contributed by atoms with E-state index < -0.39 is 5.82 Å². The molecule has 1 amide bonds. The monoisotopic (exact) mass is 342 g/mol. The van der Waals surface area contributed by atoms with Gasteiger partial charge in [-0.1, -0.05) is 29.8 Å². The Kier molecular flexibility index (Phi) is 3.85. The third kappa shape index (κ3) is 2.51. The average molecular weight is 343 g/mol. The molecule has 1 unspecified atom stereocenters. The third-order valence-corrected chi connectivity index (χ3v) is 5.06. The topological polar surface area (TPSA) is 32.7 Å². The predicted octanol–water partition coefficient (Wildman–Crippen LogP) is 4.90. The van der Waals surface area contributed by atoms with Gasteiger partial charge in [0.25, 0.3) is 0 Å². The van der Waals surface area contributed by atoms with E-state index in [1.165, 1.54) is 6.07 Å². The third-order valence-electron chi connectivity index (χ3n) is 4.71. The molecule has 0 saturated heterocycles. The number of para-hydroxylation sites is 2. The molecule has 1 atom stereocenters. The van der Waals surface area contributed by atoms with Gasteiger partial charge in [-0.15, -0.1) is 0 Å². The lowest BCUT2D eigenvalue weighted by molar-refractivity contribution is -0.120. The minimum atomic E-state index is -0.399. The van der Waals surface area contributed by atoms with Crippen molar-refractivity contribution >= 4 is 34.6 Å². The zero-order valence-corrected chi connectivity index (χ0v) is 13.8. The molecule has 0 N–H and O–H groups in total. The molecule has 1 fully saturated rings. The Morgan fingerprint density at radius 1 is 1.21 bits per heavy atom. The quantitative estimate of drug-likeness (QED) is 0.764. The molecular formula is C19H16ClFN2O. The van der Waals surface area contributed by atoms with Crippen molar-refractivity contribution in [1.29, 1.82) is 0 Å². The first-order chi connectivity index (χ1) is 11.6. The van der Waals surface area contributed by atoms with Gasteiger partial charge >= 0.3 is 0 Å². The number of hydrogen-bond donors (Lipinski definition) is 0. The van der Waals surface area contributed by atoms with Crippen molar-refractivity contribution in [1.82, 2.24) is 0 Å². The summed E-state index contributed by atoms with van der Waals surface area (Å²) >= 11 is 6.17. The molecule has 0 aromatic heterocycles. The van der Waals surface area contributed by atoms with E-state index in [1.54, 1.807) is 17.0 Å². The van der Waals surface area contributed by atoms with E-state index in [4.69, 9.17) is 16.6 Å². The fourth-order valence-electron chi connectivity index (χ4n) is 3.48. The normalized spacial score (nSPS) is 19.6. The Balaban J connectivity index is 1.81. The predicted molar refractivity (Wildman–Crippen MR) is 93.5 cm³/mol. The van der Waals surface area contributed by atoms with Crippen molar-refractivity contribution in [2.75, 3.05) is 4.90 Å². The number of carbonyl (C=O) groups is 1. The van der Waals surface area contributed by atoms with Crippen LogP contribution >= 0.6 is 11.6 Å². The molecule has 5 heteroatoms. The highest BCUT2D eigenvalue weighted by Crippen LogP contribution is 2.39. The molecule has 4 rings (SSSR count).